The zero-order valence-electron chi connectivity index (χ0n) is 23.7. The van der Waals surface area contributed by atoms with Gasteiger partial charge in [-0.2, -0.15) is 0 Å². The fourth-order valence-electron chi connectivity index (χ4n) is 5.04. The molecule has 0 saturated carbocycles. The Kier molecular flexibility index (Phi) is 10.4. The Morgan fingerprint density at radius 2 is 0.974 bits per heavy atom. The third-order valence-electron chi connectivity index (χ3n) is 6.71. The van der Waals surface area contributed by atoms with Crippen LogP contribution in [-0.4, -0.2) is 108 Å². The second-order valence-electron chi connectivity index (χ2n) is 12.8. The van der Waals surface area contributed by atoms with E-state index in [0.29, 0.717) is 10.8 Å². The normalized spacial score (nSPS) is 21.4. The van der Waals surface area contributed by atoms with Crippen molar-refractivity contribution in [3.63, 3.8) is 0 Å². The number of ether oxygens (including phenoxy) is 2. The van der Waals surface area contributed by atoms with Gasteiger partial charge in [-0.25, -0.2) is 19.2 Å². The lowest BCUT2D eigenvalue weighted by Gasteiger charge is -2.52. The Morgan fingerprint density at radius 1 is 0.658 bits per heavy atom. The van der Waals surface area contributed by atoms with Crippen LogP contribution in [0.2, 0.25) is 0 Å². The number of amides is 2. The van der Waals surface area contributed by atoms with E-state index in [1.165, 1.54) is 25.7 Å². The first-order valence-corrected chi connectivity index (χ1v) is 13.3. The summed E-state index contributed by atoms with van der Waals surface area (Å²) < 4.78 is 10.7. The van der Waals surface area contributed by atoms with Gasteiger partial charge < -0.3 is 40.1 Å². The lowest BCUT2D eigenvalue weighted by molar-refractivity contribution is -0.159. The molecular formula is C26H46N4O8. The molecule has 0 bridgehead atoms. The number of nitrogens with one attached hydrogen (secondary N) is 2. The van der Waals surface area contributed by atoms with Crippen molar-refractivity contribution in [1.82, 2.24) is 20.4 Å². The van der Waals surface area contributed by atoms with E-state index in [1.807, 2.05) is 51.3 Å². The van der Waals surface area contributed by atoms with Crippen LogP contribution in [0.1, 0.15) is 67.2 Å². The number of piperidine rings is 2. The summed E-state index contributed by atoms with van der Waals surface area (Å²) >= 11 is 0. The molecule has 218 valence electrons. The fraction of sp³-hybridized carbons (Fsp3) is 0.846. The molecule has 38 heavy (non-hydrogen) atoms. The van der Waals surface area contributed by atoms with E-state index in [9.17, 15) is 9.59 Å². The van der Waals surface area contributed by atoms with Crippen molar-refractivity contribution in [1.29, 1.82) is 0 Å². The molecule has 0 aromatic carbocycles. The molecule has 4 rings (SSSR count). The highest BCUT2D eigenvalue weighted by atomic mass is 16.6. The van der Waals surface area contributed by atoms with Crippen LogP contribution >= 0.6 is 0 Å². The SMILES string of the molecule is CC(C)(C)OC(=O)N1CC2(CCCNC2)C1.CC(C)(C)OC(=O)N1CC2(CCCNC2)C1.O=C(O)C(=O)O. The molecule has 4 N–H and O–H groups in total. The minimum atomic E-state index is -1.82. The third kappa shape index (κ3) is 9.94. The van der Waals surface area contributed by atoms with Crippen molar-refractivity contribution in [3.05, 3.63) is 0 Å². The maximum absolute atomic E-state index is 11.8. The van der Waals surface area contributed by atoms with Gasteiger partial charge in [-0.3, -0.25) is 0 Å². The number of carboxylic acids is 2. The Morgan fingerprint density at radius 3 is 1.18 bits per heavy atom. The summed E-state index contributed by atoms with van der Waals surface area (Å²) in [5, 5.41) is 21.6. The van der Waals surface area contributed by atoms with Gasteiger partial charge in [0, 0.05) is 50.1 Å². The van der Waals surface area contributed by atoms with Gasteiger partial charge in [0.1, 0.15) is 11.2 Å². The van der Waals surface area contributed by atoms with Crippen LogP contribution in [-0.2, 0) is 19.1 Å². The summed E-state index contributed by atoms with van der Waals surface area (Å²) in [4.78, 5) is 45.3. The molecule has 0 radical (unpaired) electrons. The molecule has 4 saturated heterocycles. The number of rotatable bonds is 0. The van der Waals surface area contributed by atoms with Crippen LogP contribution in [0.4, 0.5) is 9.59 Å². The Hall–Kier alpha value is -2.60. The summed E-state index contributed by atoms with van der Waals surface area (Å²) in [6.45, 7) is 19.2. The van der Waals surface area contributed by atoms with Crippen LogP contribution < -0.4 is 10.6 Å². The number of carbonyl (C=O) groups excluding carboxylic acids is 2. The Bertz CT molecular complexity index is 766. The zero-order valence-corrected chi connectivity index (χ0v) is 23.7. The molecule has 0 aromatic rings. The minimum absolute atomic E-state index is 0.163. The van der Waals surface area contributed by atoms with E-state index >= 15 is 0 Å². The van der Waals surface area contributed by atoms with E-state index in [-0.39, 0.29) is 23.4 Å². The topological polar surface area (TPSA) is 158 Å². The van der Waals surface area contributed by atoms with Crippen molar-refractivity contribution in [2.24, 2.45) is 10.8 Å². The quantitative estimate of drug-likeness (QED) is 0.335. The molecule has 2 amide bonds. The number of aliphatic carboxylic acids is 2. The van der Waals surface area contributed by atoms with Crippen LogP contribution in [0.15, 0.2) is 0 Å². The molecule has 0 aromatic heterocycles. The summed E-state index contributed by atoms with van der Waals surface area (Å²) in [7, 11) is 0. The van der Waals surface area contributed by atoms with Gasteiger partial charge in [-0.15, -0.1) is 0 Å². The lowest BCUT2D eigenvalue weighted by Crippen LogP contribution is -2.64. The van der Waals surface area contributed by atoms with Gasteiger partial charge in [0.2, 0.25) is 0 Å². The van der Waals surface area contributed by atoms with E-state index in [1.54, 1.807) is 0 Å². The second-order valence-corrected chi connectivity index (χ2v) is 12.8. The van der Waals surface area contributed by atoms with Crippen molar-refractivity contribution in [2.75, 3.05) is 52.4 Å². The first kappa shape index (κ1) is 31.6. The van der Waals surface area contributed by atoms with Gasteiger partial charge >= 0.3 is 24.1 Å². The molecule has 4 heterocycles. The van der Waals surface area contributed by atoms with Crippen LogP contribution in [0.5, 0.6) is 0 Å². The molecular weight excluding hydrogens is 496 g/mol. The van der Waals surface area contributed by atoms with Gasteiger partial charge in [0.15, 0.2) is 0 Å². The monoisotopic (exact) mass is 542 g/mol. The van der Waals surface area contributed by atoms with Gasteiger partial charge in [0.05, 0.1) is 0 Å². The van der Waals surface area contributed by atoms with Crippen molar-refractivity contribution < 1.29 is 38.9 Å². The highest BCUT2D eigenvalue weighted by molar-refractivity contribution is 6.27. The number of hydrogen-bond acceptors (Lipinski definition) is 8. The molecule has 2 spiro atoms. The van der Waals surface area contributed by atoms with E-state index in [2.05, 4.69) is 10.6 Å². The van der Waals surface area contributed by atoms with Gasteiger partial charge in [-0.05, 0) is 80.3 Å². The second kappa shape index (κ2) is 12.5. The Labute approximate surface area is 225 Å². The number of likely N-dealkylation sites (tertiary alicyclic amines) is 2. The predicted molar refractivity (Wildman–Crippen MR) is 140 cm³/mol. The molecule has 0 atom stereocenters. The van der Waals surface area contributed by atoms with Crippen LogP contribution in [0, 0.1) is 10.8 Å². The molecule has 0 unspecified atom stereocenters. The molecule has 12 nitrogen and oxygen atoms in total. The van der Waals surface area contributed by atoms with E-state index in [4.69, 9.17) is 29.3 Å². The number of hydrogen-bond donors (Lipinski definition) is 4. The molecule has 4 aliphatic heterocycles. The highest BCUT2D eigenvalue weighted by Crippen LogP contribution is 2.38. The van der Waals surface area contributed by atoms with Crippen LogP contribution in [0.25, 0.3) is 0 Å². The highest BCUT2D eigenvalue weighted by Gasteiger charge is 2.47. The summed E-state index contributed by atoms with van der Waals surface area (Å²) in [5.41, 5.74) is -0.0837. The summed E-state index contributed by atoms with van der Waals surface area (Å²) in [6.07, 6.45) is 4.59. The van der Waals surface area contributed by atoms with E-state index in [0.717, 1.165) is 52.4 Å². The van der Waals surface area contributed by atoms with Crippen molar-refractivity contribution >= 4 is 24.1 Å². The predicted octanol–water partition coefficient (Wildman–Crippen LogP) is 2.37. The van der Waals surface area contributed by atoms with Crippen molar-refractivity contribution in [3.8, 4) is 0 Å². The van der Waals surface area contributed by atoms with Gasteiger partial charge in [-0.1, -0.05) is 0 Å². The number of carbonyl (C=O) groups is 4. The maximum Gasteiger partial charge on any atom is 0.414 e. The maximum atomic E-state index is 11.8. The average molecular weight is 543 g/mol. The largest absolute Gasteiger partial charge is 0.473 e. The summed E-state index contributed by atoms with van der Waals surface area (Å²) in [5.74, 6) is -3.65. The van der Waals surface area contributed by atoms with Gasteiger partial charge in [0.25, 0.3) is 0 Å². The lowest BCUT2D eigenvalue weighted by atomic mass is 9.74. The molecule has 4 aliphatic rings. The van der Waals surface area contributed by atoms with E-state index < -0.39 is 11.9 Å². The molecule has 4 fully saturated rings. The van der Waals surface area contributed by atoms with Crippen LogP contribution in [0.3, 0.4) is 0 Å². The third-order valence-corrected chi connectivity index (χ3v) is 6.71. The first-order chi connectivity index (χ1) is 17.4. The van der Waals surface area contributed by atoms with Crippen molar-refractivity contribution in [2.45, 2.75) is 78.4 Å². The first-order valence-electron chi connectivity index (χ1n) is 13.3. The minimum Gasteiger partial charge on any atom is -0.473 e. The average Bonchev–Trinajstić information content (AvgIpc) is 2.75. The molecule has 0 aliphatic carbocycles. The Balaban J connectivity index is 0.000000221. The molecule has 12 heteroatoms. The number of nitrogens with zero attached hydrogens (tertiary/aromatic N) is 2. The smallest absolute Gasteiger partial charge is 0.414 e. The standard InChI is InChI=1S/2C12H22N2O2.C2H2O4/c2*1-11(2,3)16-10(15)14-8-12(9-14)5-4-6-13-7-12;3-1(4)2(5)6/h2*13H,4-9H2,1-3H3;(H,3,4)(H,5,6). The number of carboxylic acid groups (broad SMARTS) is 2. The summed E-state index contributed by atoms with van der Waals surface area (Å²) in [6, 6.07) is 0. The fourth-order valence-corrected chi connectivity index (χ4v) is 5.04. The zero-order chi connectivity index (χ0) is 28.8.